The molecule has 0 aromatic rings. The van der Waals surface area contributed by atoms with E-state index in [1.54, 1.807) is 0 Å². The zero-order valence-electron chi connectivity index (χ0n) is 26.6. The van der Waals surface area contributed by atoms with Gasteiger partial charge in [0.2, 0.25) is 5.91 Å². The molecule has 0 aromatic heterocycles. The summed E-state index contributed by atoms with van der Waals surface area (Å²) in [6.45, 7) is -0.755. The second kappa shape index (κ2) is 17.2. The Morgan fingerprint density at radius 3 is 1.61 bits per heavy atom. The maximum absolute atomic E-state index is 12.3. The molecule has 1 saturated carbocycles. The molecule has 3 saturated heterocycles. The van der Waals surface area contributed by atoms with Gasteiger partial charge in [-0.15, -0.1) is 0 Å². The van der Waals surface area contributed by atoms with Crippen LogP contribution in [-0.4, -0.2) is 184 Å². The van der Waals surface area contributed by atoms with E-state index in [4.69, 9.17) is 67.9 Å². The van der Waals surface area contributed by atoms with E-state index < -0.39 is 135 Å². The number of ether oxygens (including phenoxy) is 6. The van der Waals surface area contributed by atoms with Gasteiger partial charge < -0.3 is 104 Å². The van der Waals surface area contributed by atoms with Gasteiger partial charge in [-0.2, -0.15) is 0 Å². The molecule has 49 heavy (non-hydrogen) atoms. The van der Waals surface area contributed by atoms with Crippen LogP contribution in [0.5, 0.6) is 0 Å². The fourth-order valence-corrected chi connectivity index (χ4v) is 6.28. The Labute approximate surface area is 280 Å². The highest BCUT2D eigenvalue weighted by Gasteiger charge is 2.54. The molecule has 3 aliphatic heterocycles. The van der Waals surface area contributed by atoms with Gasteiger partial charge in [0.15, 0.2) is 18.9 Å². The zero-order chi connectivity index (χ0) is 36.3. The van der Waals surface area contributed by atoms with Crippen molar-refractivity contribution < 1.29 is 73.8 Å². The third-order valence-electron chi connectivity index (χ3n) is 9.26. The van der Waals surface area contributed by atoms with Crippen LogP contribution in [0.1, 0.15) is 19.3 Å². The lowest BCUT2D eigenvalue weighted by Gasteiger charge is -2.47. The van der Waals surface area contributed by atoms with Gasteiger partial charge >= 0.3 is 5.97 Å². The van der Waals surface area contributed by atoms with Gasteiger partial charge in [-0.3, -0.25) is 9.59 Å². The Morgan fingerprint density at radius 2 is 1.10 bits per heavy atom. The van der Waals surface area contributed by atoms with Crippen molar-refractivity contribution in [3.63, 3.8) is 0 Å². The molecule has 20 N–H and O–H groups in total. The Balaban J connectivity index is 1.55. The summed E-state index contributed by atoms with van der Waals surface area (Å²) in [5.41, 5.74) is 36.0. The van der Waals surface area contributed by atoms with E-state index in [0.29, 0.717) is 0 Å². The first-order chi connectivity index (χ1) is 23.1. The fraction of sp³-hybridized carbons (Fsp3) is 0.926. The predicted octanol–water partition coefficient (Wildman–Crippen LogP) is -8.91. The van der Waals surface area contributed by atoms with Crippen molar-refractivity contribution in [2.24, 2.45) is 34.4 Å². The van der Waals surface area contributed by atoms with E-state index in [9.17, 15) is 40.2 Å². The van der Waals surface area contributed by atoms with Gasteiger partial charge in [-0.1, -0.05) is 0 Å². The second-order valence-corrected chi connectivity index (χ2v) is 12.8. The number of hydrogen-bond donors (Lipinski definition) is 14. The molecule has 0 spiro atoms. The third kappa shape index (κ3) is 9.00. The molecular weight excluding hydrogens is 662 g/mol. The molecule has 4 rings (SSSR count). The van der Waals surface area contributed by atoms with E-state index in [1.165, 1.54) is 0 Å². The fourth-order valence-electron chi connectivity index (χ4n) is 6.28. The number of aliphatic hydroxyl groups is 6. The quantitative estimate of drug-likeness (QED) is 0.0842. The van der Waals surface area contributed by atoms with E-state index in [2.05, 4.69) is 5.32 Å². The summed E-state index contributed by atoms with van der Waals surface area (Å²) >= 11 is 0. The maximum atomic E-state index is 12.3. The van der Waals surface area contributed by atoms with E-state index >= 15 is 0 Å². The Hall–Kier alpha value is -1.78. The van der Waals surface area contributed by atoms with Crippen molar-refractivity contribution >= 4 is 11.9 Å². The number of carboxylic acids is 1. The molecule has 284 valence electrons. The summed E-state index contributed by atoms with van der Waals surface area (Å²) in [4.78, 5) is 23.2. The zero-order valence-corrected chi connectivity index (χ0v) is 26.6. The molecule has 22 heteroatoms. The monoisotopic (exact) mass is 713 g/mol. The molecular formula is C27H51N7O15. The van der Waals surface area contributed by atoms with Crippen molar-refractivity contribution in [1.82, 2.24) is 5.32 Å². The Morgan fingerprint density at radius 1 is 0.612 bits per heavy atom. The smallest absolute Gasteiger partial charge is 0.303 e. The number of carbonyl (C=O) groups excluding carboxylic acids is 1. The highest BCUT2D eigenvalue weighted by atomic mass is 16.8. The molecule has 3 heterocycles. The van der Waals surface area contributed by atoms with E-state index in [-0.39, 0.29) is 32.5 Å². The van der Waals surface area contributed by atoms with Crippen LogP contribution in [0.15, 0.2) is 0 Å². The number of nitrogens with two attached hydrogens (primary N) is 6. The molecule has 1 amide bonds. The average molecular weight is 714 g/mol. The summed E-state index contributed by atoms with van der Waals surface area (Å²) < 4.78 is 35.3. The first-order valence-corrected chi connectivity index (χ1v) is 16.0. The van der Waals surface area contributed by atoms with Crippen molar-refractivity contribution in [3.05, 3.63) is 0 Å². The van der Waals surface area contributed by atoms with Crippen LogP contribution in [-0.2, 0) is 38.0 Å². The van der Waals surface area contributed by atoms with Crippen LogP contribution < -0.4 is 39.7 Å². The first-order valence-electron chi connectivity index (χ1n) is 16.0. The SMILES string of the molecule is NC[C@@H]1O[C@H](O[C@H]2[C@@H](O)[C@H](O[C@@H]3[C@@H](O)[C@H](N)C[C@H](N)[C@H]3O[C@H]3O[C@H](CN)[C@@H](O)[C@H](O)[C@H]3N)O[C@@H]2CNC(=O)CCC(=O)O)[C@H](N)[C@@H](O)[C@@H]1O. The maximum Gasteiger partial charge on any atom is 0.303 e. The van der Waals surface area contributed by atoms with Crippen molar-refractivity contribution in [2.75, 3.05) is 19.6 Å². The van der Waals surface area contributed by atoms with Gasteiger partial charge in [0.1, 0.15) is 67.1 Å². The first kappa shape index (κ1) is 40.0. The number of hydrogen-bond acceptors (Lipinski definition) is 20. The molecule has 1 aliphatic carbocycles. The van der Waals surface area contributed by atoms with Crippen molar-refractivity contribution in [2.45, 2.75) is 136 Å². The molecule has 0 radical (unpaired) electrons. The highest BCUT2D eigenvalue weighted by Crippen LogP contribution is 2.34. The summed E-state index contributed by atoms with van der Waals surface area (Å²) in [5.74, 6) is -1.85. The summed E-state index contributed by atoms with van der Waals surface area (Å²) in [5, 5.41) is 75.4. The van der Waals surface area contributed by atoms with Crippen molar-refractivity contribution in [1.29, 1.82) is 0 Å². The number of carbonyl (C=O) groups is 2. The number of aliphatic hydroxyl groups excluding tert-OH is 6. The minimum absolute atomic E-state index is 0.0390. The number of nitrogens with one attached hydrogen (secondary N) is 1. The predicted molar refractivity (Wildman–Crippen MR) is 161 cm³/mol. The molecule has 19 atom stereocenters. The van der Waals surface area contributed by atoms with Gasteiger partial charge in [0.05, 0.1) is 24.6 Å². The topological polar surface area (TPSA) is 399 Å². The van der Waals surface area contributed by atoms with Gasteiger partial charge in [-0.05, 0) is 6.42 Å². The van der Waals surface area contributed by atoms with Crippen LogP contribution in [0.2, 0.25) is 0 Å². The lowest BCUT2D eigenvalue weighted by Crippen LogP contribution is -2.68. The molecule has 22 nitrogen and oxygen atoms in total. The minimum Gasteiger partial charge on any atom is -0.481 e. The van der Waals surface area contributed by atoms with Crippen LogP contribution in [0.4, 0.5) is 0 Å². The van der Waals surface area contributed by atoms with Gasteiger partial charge in [0, 0.05) is 38.1 Å². The largest absolute Gasteiger partial charge is 0.481 e. The van der Waals surface area contributed by atoms with Crippen LogP contribution in [0, 0.1) is 0 Å². The highest BCUT2D eigenvalue weighted by molar-refractivity contribution is 5.80. The normalized spacial score (nSPS) is 47.6. The third-order valence-corrected chi connectivity index (χ3v) is 9.26. The van der Waals surface area contributed by atoms with Crippen LogP contribution >= 0.6 is 0 Å². The van der Waals surface area contributed by atoms with Crippen LogP contribution in [0.25, 0.3) is 0 Å². The number of amides is 1. The standard InChI is InChI=1S/C27H51N7O15/c28-4-9-17(39)19(41)14(32)25(44-9)47-22-8(31)3-7(30)16(38)24(22)49-27-21(43)23(11(46-27)6-34-12(35)1-2-13(36)37)48-26-15(33)20(42)18(40)10(5-29)45-26/h7-11,14-27,38-43H,1-6,28-33H2,(H,34,35)(H,36,37)/t7-,8+,9-,10+,11-,14-,15-,16+,17-,18-,19-,20-,21-,22-,23-,24-,25-,26-,27+/m1/s1. The van der Waals surface area contributed by atoms with E-state index in [0.717, 1.165) is 0 Å². The average Bonchev–Trinajstić information content (AvgIpc) is 3.35. The number of rotatable bonds is 13. The summed E-state index contributed by atoms with van der Waals surface area (Å²) in [6, 6.07) is -4.45. The Bertz CT molecular complexity index is 1100. The molecule has 4 aliphatic rings. The van der Waals surface area contributed by atoms with Crippen molar-refractivity contribution in [3.8, 4) is 0 Å². The van der Waals surface area contributed by atoms with Gasteiger partial charge in [0.25, 0.3) is 0 Å². The minimum atomic E-state index is -1.70. The summed E-state index contributed by atoms with van der Waals surface area (Å²) in [6.07, 6.45) is -21.7. The lowest BCUT2D eigenvalue weighted by atomic mass is 9.84. The molecule has 4 fully saturated rings. The number of carboxylic acid groups (broad SMARTS) is 1. The van der Waals surface area contributed by atoms with E-state index in [1.807, 2.05) is 0 Å². The molecule has 0 bridgehead atoms. The molecule has 0 unspecified atom stereocenters. The van der Waals surface area contributed by atoms with Gasteiger partial charge in [-0.25, -0.2) is 0 Å². The van der Waals surface area contributed by atoms with Crippen LogP contribution in [0.3, 0.4) is 0 Å². The summed E-state index contributed by atoms with van der Waals surface area (Å²) in [7, 11) is 0. The second-order valence-electron chi connectivity index (χ2n) is 12.8. The Kier molecular flexibility index (Phi) is 14.0. The lowest BCUT2D eigenvalue weighted by molar-refractivity contribution is -0.306. The molecule has 0 aromatic carbocycles. The number of aliphatic carboxylic acids is 1.